The molecule has 4 aromatic rings. The Morgan fingerprint density at radius 3 is 2.53 bits per heavy atom. The lowest BCUT2D eigenvalue weighted by Gasteiger charge is -2.17. The molecule has 0 radical (unpaired) electrons. The molecule has 0 bridgehead atoms. The van der Waals surface area contributed by atoms with Crippen LogP contribution in [0, 0.1) is 6.92 Å². The molecule has 3 aromatic carbocycles. The zero-order valence-electron chi connectivity index (χ0n) is 17.5. The monoisotopic (exact) mass is 448 g/mol. The topological polar surface area (TPSA) is 89.3 Å². The Balaban J connectivity index is 1.62. The predicted octanol–water partition coefficient (Wildman–Crippen LogP) is 5.62. The van der Waals surface area contributed by atoms with Crippen LogP contribution in [0.25, 0.3) is 11.5 Å². The third-order valence-corrected chi connectivity index (χ3v) is 5.13. The van der Waals surface area contributed by atoms with Crippen LogP contribution in [0.3, 0.4) is 0 Å². The summed E-state index contributed by atoms with van der Waals surface area (Å²) >= 11 is 6.26. The number of carbonyl (C=O) groups is 1. The SMILES string of the molecule is COc1ccc(C)cc1NC(=O)N[C@H](c1ccccc1)c1nnc(-c2ccccc2Cl)o1. The highest BCUT2D eigenvalue weighted by Gasteiger charge is 2.24. The van der Waals surface area contributed by atoms with Crippen molar-refractivity contribution in [1.82, 2.24) is 15.5 Å². The molecule has 0 fully saturated rings. The molecule has 7 nitrogen and oxygen atoms in total. The molecule has 162 valence electrons. The predicted molar refractivity (Wildman–Crippen MR) is 123 cm³/mol. The van der Waals surface area contributed by atoms with Crippen molar-refractivity contribution in [1.29, 1.82) is 0 Å². The van der Waals surface area contributed by atoms with Crippen molar-refractivity contribution in [3.8, 4) is 17.2 Å². The minimum atomic E-state index is -0.671. The molecule has 1 heterocycles. The number of carbonyl (C=O) groups excluding carboxylic acids is 1. The van der Waals surface area contributed by atoms with Gasteiger partial charge in [-0.3, -0.25) is 0 Å². The molecule has 1 aromatic heterocycles. The second-order valence-electron chi connectivity index (χ2n) is 7.07. The van der Waals surface area contributed by atoms with Crippen molar-refractivity contribution in [2.24, 2.45) is 0 Å². The number of halogens is 1. The van der Waals surface area contributed by atoms with Crippen LogP contribution in [0.4, 0.5) is 10.5 Å². The average Bonchev–Trinajstić information content (AvgIpc) is 3.28. The summed E-state index contributed by atoms with van der Waals surface area (Å²) in [6, 6.07) is 21.0. The summed E-state index contributed by atoms with van der Waals surface area (Å²) < 4.78 is 11.3. The molecule has 2 N–H and O–H groups in total. The number of anilines is 1. The minimum absolute atomic E-state index is 0.234. The van der Waals surface area contributed by atoms with Gasteiger partial charge in [0.1, 0.15) is 11.8 Å². The second-order valence-corrected chi connectivity index (χ2v) is 7.48. The highest BCUT2D eigenvalue weighted by Crippen LogP contribution is 2.30. The van der Waals surface area contributed by atoms with Crippen LogP contribution in [0.2, 0.25) is 5.02 Å². The van der Waals surface area contributed by atoms with E-state index in [-0.39, 0.29) is 11.8 Å². The number of nitrogens with zero attached hydrogens (tertiary/aromatic N) is 2. The first-order valence-corrected chi connectivity index (χ1v) is 10.3. The molecule has 0 saturated heterocycles. The standard InChI is InChI=1S/C24H21ClN4O3/c1-15-12-13-20(31-2)19(14-15)26-24(30)27-21(16-8-4-3-5-9-16)23-29-28-22(32-23)17-10-6-7-11-18(17)25/h3-14,21H,1-2H3,(H2,26,27,30)/t21-/m1/s1. The van der Waals surface area contributed by atoms with E-state index in [1.807, 2.05) is 61.5 Å². The molecule has 1 atom stereocenters. The molecule has 0 spiro atoms. The van der Waals surface area contributed by atoms with E-state index in [1.165, 1.54) is 0 Å². The molecule has 2 amide bonds. The van der Waals surface area contributed by atoms with E-state index >= 15 is 0 Å². The van der Waals surface area contributed by atoms with Gasteiger partial charge in [-0.2, -0.15) is 0 Å². The number of benzene rings is 3. The Bertz CT molecular complexity index is 1230. The van der Waals surface area contributed by atoms with Gasteiger partial charge in [-0.1, -0.05) is 60.1 Å². The molecule has 0 aliphatic heterocycles. The fourth-order valence-corrected chi connectivity index (χ4v) is 3.45. The van der Waals surface area contributed by atoms with E-state index in [0.717, 1.165) is 11.1 Å². The number of rotatable bonds is 6. The second kappa shape index (κ2) is 9.53. The van der Waals surface area contributed by atoms with Crippen molar-refractivity contribution in [2.45, 2.75) is 13.0 Å². The van der Waals surface area contributed by atoms with E-state index in [2.05, 4.69) is 20.8 Å². The number of urea groups is 1. The van der Waals surface area contributed by atoms with E-state index in [0.29, 0.717) is 22.0 Å². The van der Waals surface area contributed by atoms with Crippen molar-refractivity contribution in [3.63, 3.8) is 0 Å². The number of aryl methyl sites for hydroxylation is 1. The zero-order valence-corrected chi connectivity index (χ0v) is 18.3. The summed E-state index contributed by atoms with van der Waals surface area (Å²) in [6.07, 6.45) is 0. The summed E-state index contributed by atoms with van der Waals surface area (Å²) in [5.41, 5.74) is 2.95. The Morgan fingerprint density at radius 2 is 1.78 bits per heavy atom. The smallest absolute Gasteiger partial charge is 0.320 e. The van der Waals surface area contributed by atoms with Crippen LogP contribution >= 0.6 is 11.6 Å². The van der Waals surface area contributed by atoms with Crippen molar-refractivity contribution >= 4 is 23.3 Å². The van der Waals surface area contributed by atoms with Crippen molar-refractivity contribution in [3.05, 3.63) is 94.8 Å². The van der Waals surface area contributed by atoms with E-state index in [1.54, 1.807) is 25.3 Å². The molecule has 32 heavy (non-hydrogen) atoms. The number of nitrogens with one attached hydrogen (secondary N) is 2. The third-order valence-electron chi connectivity index (χ3n) is 4.80. The Hall–Kier alpha value is -3.84. The lowest BCUT2D eigenvalue weighted by atomic mass is 10.1. The highest BCUT2D eigenvalue weighted by atomic mass is 35.5. The van der Waals surface area contributed by atoms with E-state index in [4.69, 9.17) is 20.8 Å². The van der Waals surface area contributed by atoms with Gasteiger partial charge in [0.2, 0.25) is 11.8 Å². The summed E-state index contributed by atoms with van der Waals surface area (Å²) in [5.74, 6) is 1.06. The van der Waals surface area contributed by atoms with Crippen LogP contribution in [-0.4, -0.2) is 23.3 Å². The van der Waals surface area contributed by atoms with Gasteiger partial charge >= 0.3 is 6.03 Å². The van der Waals surface area contributed by atoms with Gasteiger partial charge in [0.05, 0.1) is 23.4 Å². The first-order valence-electron chi connectivity index (χ1n) is 9.90. The minimum Gasteiger partial charge on any atom is -0.495 e. The molecule has 4 rings (SSSR count). The maximum absolute atomic E-state index is 12.9. The molecule has 0 aliphatic rings. The number of ether oxygens (including phenoxy) is 1. The van der Waals surface area contributed by atoms with Crippen molar-refractivity contribution in [2.75, 3.05) is 12.4 Å². The summed E-state index contributed by atoms with van der Waals surface area (Å²) in [4.78, 5) is 12.9. The van der Waals surface area contributed by atoms with Gasteiger partial charge in [0.25, 0.3) is 0 Å². The fraction of sp³-hybridized carbons (Fsp3) is 0.125. The third kappa shape index (κ3) is 4.73. The normalized spacial score (nSPS) is 11.6. The lowest BCUT2D eigenvalue weighted by Crippen LogP contribution is -2.33. The lowest BCUT2D eigenvalue weighted by molar-refractivity contribution is 0.248. The highest BCUT2D eigenvalue weighted by molar-refractivity contribution is 6.33. The first-order chi connectivity index (χ1) is 15.5. The van der Waals surface area contributed by atoms with Crippen LogP contribution in [0.15, 0.2) is 77.2 Å². The Labute approximate surface area is 190 Å². The number of aromatic nitrogens is 2. The van der Waals surface area contributed by atoms with Crippen LogP contribution < -0.4 is 15.4 Å². The molecule has 0 unspecified atom stereocenters. The zero-order chi connectivity index (χ0) is 22.5. The van der Waals surface area contributed by atoms with Gasteiger partial charge in [-0.15, -0.1) is 10.2 Å². The number of methoxy groups -OCH3 is 1. The molecule has 8 heteroatoms. The molecular weight excluding hydrogens is 428 g/mol. The fourth-order valence-electron chi connectivity index (χ4n) is 3.24. The first kappa shape index (κ1) is 21.4. The van der Waals surface area contributed by atoms with Crippen LogP contribution in [0.1, 0.15) is 23.1 Å². The van der Waals surface area contributed by atoms with Gasteiger partial charge in [-0.25, -0.2) is 4.79 Å². The summed E-state index contributed by atoms with van der Waals surface area (Å²) in [7, 11) is 1.55. The quantitative estimate of drug-likeness (QED) is 0.399. The molecule has 0 saturated carbocycles. The van der Waals surface area contributed by atoms with Crippen LogP contribution in [-0.2, 0) is 0 Å². The van der Waals surface area contributed by atoms with E-state index in [9.17, 15) is 4.79 Å². The number of amides is 2. The van der Waals surface area contributed by atoms with Gasteiger partial charge < -0.3 is 19.8 Å². The Kier molecular flexibility index (Phi) is 6.37. The van der Waals surface area contributed by atoms with Crippen molar-refractivity contribution < 1.29 is 13.9 Å². The van der Waals surface area contributed by atoms with Gasteiger partial charge in [0, 0.05) is 0 Å². The molecule has 0 aliphatic carbocycles. The van der Waals surface area contributed by atoms with Gasteiger partial charge in [-0.05, 0) is 42.3 Å². The summed E-state index contributed by atoms with van der Waals surface area (Å²) in [6.45, 7) is 1.93. The Morgan fingerprint density at radius 1 is 1.03 bits per heavy atom. The number of hydrogen-bond donors (Lipinski definition) is 2. The van der Waals surface area contributed by atoms with Crippen LogP contribution in [0.5, 0.6) is 5.75 Å². The largest absolute Gasteiger partial charge is 0.495 e. The maximum Gasteiger partial charge on any atom is 0.320 e. The van der Waals surface area contributed by atoms with E-state index < -0.39 is 12.1 Å². The summed E-state index contributed by atoms with van der Waals surface area (Å²) in [5, 5.41) is 14.6. The molecular formula is C24H21ClN4O3. The average molecular weight is 449 g/mol. The van der Waals surface area contributed by atoms with Gasteiger partial charge in [0.15, 0.2) is 0 Å². The maximum atomic E-state index is 12.9. The number of hydrogen-bond acceptors (Lipinski definition) is 5.